The number of H-pyrrole nitrogens is 1. The second-order valence-electron chi connectivity index (χ2n) is 4.91. The van der Waals surface area contributed by atoms with Crippen molar-refractivity contribution < 1.29 is 0 Å². The van der Waals surface area contributed by atoms with E-state index in [2.05, 4.69) is 36.1 Å². The van der Waals surface area contributed by atoms with Crippen molar-refractivity contribution in [3.05, 3.63) is 22.1 Å². The quantitative estimate of drug-likeness (QED) is 0.415. The van der Waals surface area contributed by atoms with Crippen LogP contribution in [0.25, 0.3) is 0 Å². The molecule has 0 bridgehead atoms. The van der Waals surface area contributed by atoms with Crippen LogP contribution < -0.4 is 10.9 Å². The Hall–Kier alpha value is -0.810. The number of aryl methyl sites for hydroxylation is 1. The van der Waals surface area contributed by atoms with Crippen LogP contribution in [-0.4, -0.2) is 28.8 Å². The van der Waals surface area contributed by atoms with E-state index in [0.717, 1.165) is 49.0 Å². The Bertz CT molecular complexity index is 419. The van der Waals surface area contributed by atoms with Crippen molar-refractivity contribution in [1.82, 2.24) is 15.3 Å². The molecule has 19 heavy (non-hydrogen) atoms. The minimum absolute atomic E-state index is 0.0438. The van der Waals surface area contributed by atoms with E-state index in [0.29, 0.717) is 5.92 Å². The van der Waals surface area contributed by atoms with Crippen LogP contribution in [0.2, 0.25) is 0 Å². The number of thioether (sulfide) groups is 1. The van der Waals surface area contributed by atoms with E-state index in [1.165, 1.54) is 0 Å². The highest BCUT2D eigenvalue weighted by atomic mass is 32.2. The van der Waals surface area contributed by atoms with Crippen LogP contribution >= 0.6 is 11.8 Å². The van der Waals surface area contributed by atoms with Gasteiger partial charge in [-0.05, 0) is 31.8 Å². The zero-order chi connectivity index (χ0) is 14.1. The van der Waals surface area contributed by atoms with Gasteiger partial charge in [0.1, 0.15) is 0 Å². The van der Waals surface area contributed by atoms with E-state index in [9.17, 15) is 4.79 Å². The second kappa shape index (κ2) is 9.15. The van der Waals surface area contributed by atoms with Gasteiger partial charge in [-0.15, -0.1) is 0 Å². The van der Waals surface area contributed by atoms with E-state index in [-0.39, 0.29) is 5.56 Å². The topological polar surface area (TPSA) is 57.8 Å². The molecule has 0 radical (unpaired) electrons. The van der Waals surface area contributed by atoms with Crippen LogP contribution in [0.3, 0.4) is 0 Å². The van der Waals surface area contributed by atoms with Crippen molar-refractivity contribution in [3.63, 3.8) is 0 Å². The molecule has 0 saturated heterocycles. The van der Waals surface area contributed by atoms with Gasteiger partial charge in [-0.1, -0.05) is 39.0 Å². The molecule has 0 saturated carbocycles. The molecule has 0 amide bonds. The molecule has 0 aliphatic rings. The molecule has 0 aliphatic carbocycles. The van der Waals surface area contributed by atoms with Gasteiger partial charge < -0.3 is 10.3 Å². The Morgan fingerprint density at radius 1 is 1.42 bits per heavy atom. The fraction of sp³-hybridized carbons (Fsp3) is 0.714. The zero-order valence-corrected chi connectivity index (χ0v) is 13.0. The van der Waals surface area contributed by atoms with Crippen LogP contribution in [0.1, 0.15) is 39.3 Å². The molecule has 108 valence electrons. The molecule has 2 N–H and O–H groups in total. The van der Waals surface area contributed by atoms with E-state index in [1.807, 2.05) is 0 Å². The maximum Gasteiger partial charge on any atom is 0.251 e. The summed E-state index contributed by atoms with van der Waals surface area (Å²) >= 11 is 1.63. The fourth-order valence-electron chi connectivity index (χ4n) is 1.74. The number of hydrogen-bond donors (Lipinski definition) is 2. The number of rotatable bonds is 9. The molecule has 1 aromatic rings. The van der Waals surface area contributed by atoms with Gasteiger partial charge in [0.2, 0.25) is 0 Å². The van der Waals surface area contributed by atoms with Gasteiger partial charge in [-0.25, -0.2) is 4.98 Å². The van der Waals surface area contributed by atoms with Gasteiger partial charge in [0.25, 0.3) is 5.56 Å². The summed E-state index contributed by atoms with van der Waals surface area (Å²) < 4.78 is 0. The summed E-state index contributed by atoms with van der Waals surface area (Å²) in [7, 11) is 0. The predicted octanol–water partition coefficient (Wildman–Crippen LogP) is 2.45. The normalized spacial score (nSPS) is 12.6. The van der Waals surface area contributed by atoms with Gasteiger partial charge in [0.15, 0.2) is 5.16 Å². The second-order valence-corrected chi connectivity index (χ2v) is 5.92. The Balaban J connectivity index is 2.45. The van der Waals surface area contributed by atoms with Crippen LogP contribution in [0.15, 0.2) is 16.0 Å². The summed E-state index contributed by atoms with van der Waals surface area (Å²) in [5, 5.41) is 4.16. The monoisotopic (exact) mass is 283 g/mol. The van der Waals surface area contributed by atoms with E-state index >= 15 is 0 Å². The average Bonchev–Trinajstić information content (AvgIpc) is 2.36. The summed E-state index contributed by atoms with van der Waals surface area (Å²) in [5.41, 5.74) is 0.850. The number of hydrogen-bond acceptors (Lipinski definition) is 4. The molecule has 4 nitrogen and oxygen atoms in total. The van der Waals surface area contributed by atoms with E-state index in [4.69, 9.17) is 0 Å². The summed E-state index contributed by atoms with van der Waals surface area (Å²) in [4.78, 5) is 18.8. The highest BCUT2D eigenvalue weighted by molar-refractivity contribution is 7.99. The van der Waals surface area contributed by atoms with Gasteiger partial charge >= 0.3 is 0 Å². The molecule has 0 aliphatic heterocycles. The predicted molar refractivity (Wildman–Crippen MR) is 81.9 cm³/mol. The van der Waals surface area contributed by atoms with Gasteiger partial charge in [-0.3, -0.25) is 4.79 Å². The van der Waals surface area contributed by atoms with Crippen LogP contribution in [0, 0.1) is 5.92 Å². The fourth-order valence-corrected chi connectivity index (χ4v) is 2.66. The molecule has 1 heterocycles. The maximum atomic E-state index is 11.5. The molecule has 5 heteroatoms. The lowest BCUT2D eigenvalue weighted by atomic mass is 10.2. The third-order valence-corrected chi connectivity index (χ3v) is 3.91. The highest BCUT2D eigenvalue weighted by Crippen LogP contribution is 2.15. The van der Waals surface area contributed by atoms with Crippen molar-refractivity contribution in [2.75, 3.05) is 18.8 Å². The first-order valence-corrected chi connectivity index (χ1v) is 8.08. The van der Waals surface area contributed by atoms with Gasteiger partial charge in [0.05, 0.1) is 0 Å². The zero-order valence-electron chi connectivity index (χ0n) is 12.2. The van der Waals surface area contributed by atoms with Crippen molar-refractivity contribution in [2.24, 2.45) is 5.92 Å². The standard InChI is InChI=1S/C14H25N3OS/c1-4-6-12-8-13(18)17-14(16-12)19-10-11(3)9-15-7-5-2/h8,11,15H,4-7,9-10H2,1-3H3,(H,16,17,18). The summed E-state index contributed by atoms with van der Waals surface area (Å²) in [6, 6.07) is 1.60. The summed E-state index contributed by atoms with van der Waals surface area (Å²) in [5.74, 6) is 1.53. The number of aromatic nitrogens is 2. The Morgan fingerprint density at radius 2 is 2.21 bits per heavy atom. The summed E-state index contributed by atoms with van der Waals surface area (Å²) in [6.45, 7) is 8.55. The smallest absolute Gasteiger partial charge is 0.251 e. The van der Waals surface area contributed by atoms with Gasteiger partial charge in [0, 0.05) is 17.5 Å². The molecule has 1 rings (SSSR count). The average molecular weight is 283 g/mol. The lowest BCUT2D eigenvalue weighted by Crippen LogP contribution is -2.23. The third kappa shape index (κ3) is 6.78. The lowest BCUT2D eigenvalue weighted by molar-refractivity contribution is 0.556. The van der Waals surface area contributed by atoms with Crippen LogP contribution in [0.5, 0.6) is 0 Å². The first kappa shape index (κ1) is 16.2. The van der Waals surface area contributed by atoms with Crippen molar-refractivity contribution >= 4 is 11.8 Å². The number of nitrogens with zero attached hydrogens (tertiary/aromatic N) is 1. The minimum atomic E-state index is -0.0438. The van der Waals surface area contributed by atoms with Crippen molar-refractivity contribution in [2.45, 2.75) is 45.2 Å². The lowest BCUT2D eigenvalue weighted by Gasteiger charge is -2.11. The molecule has 0 aromatic carbocycles. The molecular formula is C14H25N3OS. The third-order valence-electron chi connectivity index (χ3n) is 2.70. The Kier molecular flexibility index (Phi) is 7.82. The summed E-state index contributed by atoms with van der Waals surface area (Å²) in [6.07, 6.45) is 3.04. The van der Waals surface area contributed by atoms with Gasteiger partial charge in [-0.2, -0.15) is 0 Å². The SMILES string of the molecule is CCCNCC(C)CSc1nc(CCC)cc(=O)[nH]1. The molecule has 1 atom stereocenters. The largest absolute Gasteiger partial charge is 0.316 e. The highest BCUT2D eigenvalue weighted by Gasteiger charge is 2.06. The molecule has 0 spiro atoms. The van der Waals surface area contributed by atoms with Crippen LogP contribution in [0.4, 0.5) is 0 Å². The number of nitrogens with one attached hydrogen (secondary N) is 2. The first-order chi connectivity index (χ1) is 9.15. The minimum Gasteiger partial charge on any atom is -0.316 e. The Morgan fingerprint density at radius 3 is 2.89 bits per heavy atom. The van der Waals surface area contributed by atoms with E-state index in [1.54, 1.807) is 17.8 Å². The molecular weight excluding hydrogens is 258 g/mol. The Labute approximate surface area is 119 Å². The van der Waals surface area contributed by atoms with Crippen LogP contribution in [-0.2, 0) is 6.42 Å². The maximum absolute atomic E-state index is 11.5. The van der Waals surface area contributed by atoms with E-state index < -0.39 is 0 Å². The molecule has 1 unspecified atom stereocenters. The van der Waals surface area contributed by atoms with Crippen molar-refractivity contribution in [1.29, 1.82) is 0 Å². The first-order valence-electron chi connectivity index (χ1n) is 7.09. The van der Waals surface area contributed by atoms with Crippen molar-refractivity contribution in [3.8, 4) is 0 Å². The number of aromatic amines is 1. The molecule has 1 aromatic heterocycles. The molecule has 0 fully saturated rings.